The number of nitrogens with zero attached hydrogens (tertiary/aromatic N) is 5. The lowest BCUT2D eigenvalue weighted by Crippen LogP contribution is -2.40. The first kappa shape index (κ1) is 28.6. The molecule has 2 aliphatic rings. The molecule has 45 heavy (non-hydrogen) atoms. The predicted octanol–water partition coefficient (Wildman–Crippen LogP) is 2.86. The molecule has 1 fully saturated rings. The van der Waals surface area contributed by atoms with Gasteiger partial charge in [0.1, 0.15) is 11.6 Å². The largest absolute Gasteiger partial charge is 0.392 e. The first-order valence-electron chi connectivity index (χ1n) is 14.6. The Labute approximate surface area is 256 Å². The van der Waals surface area contributed by atoms with Crippen LogP contribution in [0, 0.1) is 12.7 Å². The summed E-state index contributed by atoms with van der Waals surface area (Å²) in [6, 6.07) is 13.0. The number of aromatic nitrogens is 4. The molecule has 0 saturated carbocycles. The molecule has 3 aromatic heterocycles. The van der Waals surface area contributed by atoms with Crippen LogP contribution in [-0.4, -0.2) is 67.8 Å². The molecule has 7 rings (SSSR count). The number of rotatable bonds is 4. The Kier molecular flexibility index (Phi) is 7.22. The maximum atomic E-state index is 14.7. The summed E-state index contributed by atoms with van der Waals surface area (Å²) < 4.78 is 22.5. The number of hydrogen-bond acceptors (Lipinski definition) is 8. The van der Waals surface area contributed by atoms with Crippen molar-refractivity contribution < 1.29 is 19.0 Å². The number of aliphatic hydroxyl groups is 1. The lowest BCUT2D eigenvalue weighted by Gasteiger charge is -2.26. The number of morpholine rings is 1. The Morgan fingerprint density at radius 2 is 1.76 bits per heavy atom. The zero-order valence-corrected chi connectivity index (χ0v) is 24.4. The number of ether oxygens (including phenoxy) is 1. The van der Waals surface area contributed by atoms with Crippen LogP contribution in [0.2, 0.25) is 0 Å². The molecule has 1 unspecified atom stereocenters. The van der Waals surface area contributed by atoms with Crippen LogP contribution in [0.5, 0.6) is 0 Å². The molecule has 1 aliphatic carbocycles. The number of nitrogens with one attached hydrogen (secondary N) is 1. The monoisotopic (exact) mass is 608 g/mol. The summed E-state index contributed by atoms with van der Waals surface area (Å²) in [6.45, 7) is 3.73. The first-order valence-corrected chi connectivity index (χ1v) is 14.6. The molecule has 11 nitrogen and oxygen atoms in total. The van der Waals surface area contributed by atoms with E-state index in [0.717, 1.165) is 4.68 Å². The van der Waals surface area contributed by atoms with Crippen molar-refractivity contribution in [2.45, 2.75) is 25.9 Å². The van der Waals surface area contributed by atoms with Gasteiger partial charge in [-0.05, 0) is 54.3 Å². The van der Waals surface area contributed by atoms with Crippen molar-refractivity contribution in [3.8, 4) is 16.8 Å². The zero-order valence-electron chi connectivity index (χ0n) is 24.4. The Hall–Kier alpha value is -5.20. The number of halogens is 1. The van der Waals surface area contributed by atoms with E-state index in [1.807, 2.05) is 6.07 Å². The lowest BCUT2D eigenvalue weighted by atomic mass is 9.95. The third-order valence-corrected chi connectivity index (χ3v) is 8.43. The van der Waals surface area contributed by atoms with Crippen LogP contribution < -0.4 is 16.5 Å². The second-order valence-electron chi connectivity index (χ2n) is 11.2. The van der Waals surface area contributed by atoms with E-state index in [-0.39, 0.29) is 29.7 Å². The molecule has 5 aromatic rings. The maximum Gasteiger partial charge on any atom is 0.282 e. The summed E-state index contributed by atoms with van der Waals surface area (Å²) in [7, 11) is 0. The third kappa shape index (κ3) is 5.07. The minimum Gasteiger partial charge on any atom is -0.392 e. The maximum absolute atomic E-state index is 14.7. The minimum atomic E-state index is -0.848. The molecular weight excluding hydrogens is 579 g/mol. The van der Waals surface area contributed by atoms with Gasteiger partial charge in [-0.3, -0.25) is 19.8 Å². The number of aliphatic hydroxyl groups excluding tert-OH is 1. The van der Waals surface area contributed by atoms with Crippen molar-refractivity contribution in [3.63, 3.8) is 0 Å². The van der Waals surface area contributed by atoms with Crippen LogP contribution in [0.15, 0.2) is 76.7 Å². The normalized spacial score (nSPS) is 16.2. The van der Waals surface area contributed by atoms with Crippen molar-refractivity contribution in [3.05, 3.63) is 116 Å². The summed E-state index contributed by atoms with van der Waals surface area (Å²) in [5.74, 6) is -0.422. The first-order chi connectivity index (χ1) is 21.8. The average molecular weight is 609 g/mol. The van der Waals surface area contributed by atoms with Gasteiger partial charge in [0.2, 0.25) is 0 Å². The van der Waals surface area contributed by atoms with Crippen molar-refractivity contribution in [2.24, 2.45) is 0 Å². The smallest absolute Gasteiger partial charge is 0.282 e. The number of pyridine rings is 2. The van der Waals surface area contributed by atoms with Gasteiger partial charge in [0.25, 0.3) is 17.0 Å². The molecule has 0 spiro atoms. The molecule has 1 amide bonds. The molecule has 228 valence electrons. The second-order valence-corrected chi connectivity index (χ2v) is 11.2. The quantitative estimate of drug-likeness (QED) is 0.319. The Morgan fingerprint density at radius 3 is 2.53 bits per heavy atom. The molecule has 4 heterocycles. The van der Waals surface area contributed by atoms with Gasteiger partial charge in [-0.25, -0.2) is 14.1 Å². The number of hydrogen-bond donors (Lipinski definition) is 2. The van der Waals surface area contributed by atoms with Crippen LogP contribution in [-0.2, 0) is 17.6 Å². The van der Waals surface area contributed by atoms with Gasteiger partial charge < -0.3 is 14.7 Å². The van der Waals surface area contributed by atoms with Crippen LogP contribution in [0.3, 0.4) is 0 Å². The Bertz CT molecular complexity index is 2090. The SMILES string of the molecule is Cc1c2c(cn(Nc3ccc(C(=O)N4CCOCC4)cn3)c1=O)-c1cccc(-n3ncc4cccc(F)c4c3=O)c1CC(O)C2. The lowest BCUT2D eigenvalue weighted by molar-refractivity contribution is 0.0302. The molecule has 2 aromatic carbocycles. The molecule has 1 aliphatic heterocycles. The van der Waals surface area contributed by atoms with Gasteiger partial charge in [-0.2, -0.15) is 9.78 Å². The van der Waals surface area contributed by atoms with E-state index in [0.29, 0.717) is 76.6 Å². The number of fused-ring (bicyclic) bond motifs is 4. The van der Waals surface area contributed by atoms with Gasteiger partial charge >= 0.3 is 0 Å². The summed E-state index contributed by atoms with van der Waals surface area (Å²) in [5, 5.41) is 15.7. The summed E-state index contributed by atoms with van der Waals surface area (Å²) in [5.41, 5.74) is 6.11. The van der Waals surface area contributed by atoms with Gasteiger partial charge in [0.15, 0.2) is 0 Å². The third-order valence-electron chi connectivity index (χ3n) is 8.43. The van der Waals surface area contributed by atoms with Crippen molar-refractivity contribution in [1.82, 2.24) is 24.3 Å². The molecule has 12 heteroatoms. The predicted molar refractivity (Wildman–Crippen MR) is 165 cm³/mol. The fourth-order valence-electron chi connectivity index (χ4n) is 6.12. The van der Waals surface area contributed by atoms with E-state index in [9.17, 15) is 23.9 Å². The molecule has 2 N–H and O–H groups in total. The van der Waals surface area contributed by atoms with Crippen molar-refractivity contribution >= 4 is 22.5 Å². The summed E-state index contributed by atoms with van der Waals surface area (Å²) >= 11 is 0. The highest BCUT2D eigenvalue weighted by Gasteiger charge is 2.27. The molecule has 0 radical (unpaired) electrons. The van der Waals surface area contributed by atoms with E-state index < -0.39 is 17.5 Å². The van der Waals surface area contributed by atoms with Crippen molar-refractivity contribution in [2.75, 3.05) is 31.7 Å². The highest BCUT2D eigenvalue weighted by molar-refractivity contribution is 5.94. The molecule has 1 saturated heterocycles. The van der Waals surface area contributed by atoms with Crippen LogP contribution in [0.1, 0.15) is 27.0 Å². The zero-order chi connectivity index (χ0) is 31.2. The van der Waals surface area contributed by atoms with Crippen LogP contribution >= 0.6 is 0 Å². The standard InChI is InChI=1S/C33H29FN6O5/c1-19-24-14-22(41)15-25-23(5-3-7-28(25)40-33(44)30-20(17-36-40)4-2-6-27(30)34)26(24)18-39(31(19)42)37-29-9-8-21(16-35-29)32(43)38-10-12-45-13-11-38/h2-9,16-18,22,41H,10-15H2,1H3,(H,35,37). The van der Waals surface area contributed by atoms with E-state index >= 15 is 0 Å². The Morgan fingerprint density at radius 1 is 0.978 bits per heavy atom. The highest BCUT2D eigenvalue weighted by Crippen LogP contribution is 2.36. The minimum absolute atomic E-state index is 0.0706. The summed E-state index contributed by atoms with van der Waals surface area (Å²) in [6.07, 6.45) is 4.12. The number of benzene rings is 2. The van der Waals surface area contributed by atoms with E-state index in [2.05, 4.69) is 15.5 Å². The molecular formula is C33H29FN6O5. The number of anilines is 1. The van der Waals surface area contributed by atoms with Crippen LogP contribution in [0.25, 0.3) is 27.6 Å². The van der Waals surface area contributed by atoms with E-state index in [1.54, 1.807) is 48.4 Å². The molecule has 0 bridgehead atoms. The number of amides is 1. The van der Waals surface area contributed by atoms with E-state index in [4.69, 9.17) is 4.74 Å². The number of carbonyl (C=O) groups is 1. The van der Waals surface area contributed by atoms with E-state index in [1.165, 1.54) is 29.2 Å². The fraction of sp³-hybridized carbons (Fsp3) is 0.242. The van der Waals surface area contributed by atoms with Gasteiger partial charge in [-0.15, -0.1) is 0 Å². The van der Waals surface area contributed by atoms with Gasteiger partial charge in [-0.1, -0.05) is 24.3 Å². The fourth-order valence-corrected chi connectivity index (χ4v) is 6.12. The number of carbonyl (C=O) groups excluding carboxylic acids is 1. The van der Waals surface area contributed by atoms with Gasteiger partial charge in [0.05, 0.1) is 42.2 Å². The Balaban J connectivity index is 1.29. The van der Waals surface area contributed by atoms with Crippen LogP contribution in [0.4, 0.5) is 10.2 Å². The summed E-state index contributed by atoms with van der Waals surface area (Å²) in [4.78, 5) is 45.9. The van der Waals surface area contributed by atoms with Gasteiger partial charge in [0, 0.05) is 48.4 Å². The molecule has 1 atom stereocenters. The van der Waals surface area contributed by atoms with Crippen molar-refractivity contribution in [1.29, 1.82) is 0 Å². The topological polar surface area (TPSA) is 132 Å². The average Bonchev–Trinajstić information content (AvgIpc) is 3.20. The highest BCUT2D eigenvalue weighted by atomic mass is 19.1. The second kappa shape index (κ2) is 11.4.